The minimum atomic E-state index is -0.0848. The number of rotatable bonds is 4. The van der Waals surface area contributed by atoms with E-state index in [9.17, 15) is 4.79 Å². The van der Waals surface area contributed by atoms with E-state index in [2.05, 4.69) is 47.3 Å². The summed E-state index contributed by atoms with van der Waals surface area (Å²) in [6.45, 7) is 5.96. The molecule has 0 fully saturated rings. The van der Waals surface area contributed by atoms with Gasteiger partial charge in [-0.25, -0.2) is 9.97 Å². The number of nitrogens with zero attached hydrogens (tertiary/aromatic N) is 3. The summed E-state index contributed by atoms with van der Waals surface area (Å²) in [5.74, 6) is 1.15. The van der Waals surface area contributed by atoms with E-state index in [1.165, 1.54) is 5.56 Å². The zero-order valence-electron chi connectivity index (χ0n) is 16.4. The number of hydrogen-bond acceptors (Lipinski definition) is 4. The van der Waals surface area contributed by atoms with Crippen molar-refractivity contribution in [3.8, 4) is 0 Å². The molecular weight excluding hydrogens is 348 g/mol. The summed E-state index contributed by atoms with van der Waals surface area (Å²) in [6, 6.07) is 20.2. The number of hydrogen-bond donors (Lipinski definition) is 1. The van der Waals surface area contributed by atoms with Gasteiger partial charge in [-0.1, -0.05) is 48.5 Å². The van der Waals surface area contributed by atoms with Gasteiger partial charge in [-0.2, -0.15) is 0 Å². The van der Waals surface area contributed by atoms with E-state index in [0.717, 1.165) is 17.7 Å². The third-order valence-electron chi connectivity index (χ3n) is 5.15. The first-order valence-electron chi connectivity index (χ1n) is 9.61. The lowest BCUT2D eigenvalue weighted by Crippen LogP contribution is -2.36. The Hall–Kier alpha value is -3.21. The van der Waals surface area contributed by atoms with Crippen molar-refractivity contribution in [2.24, 2.45) is 0 Å². The van der Waals surface area contributed by atoms with Crippen LogP contribution in [0.25, 0.3) is 0 Å². The number of carbonyl (C=O) groups is 1. The second-order valence-corrected chi connectivity index (χ2v) is 7.32. The molecule has 3 aromatic rings. The van der Waals surface area contributed by atoms with Crippen molar-refractivity contribution < 1.29 is 4.79 Å². The van der Waals surface area contributed by atoms with E-state index in [4.69, 9.17) is 0 Å². The zero-order chi connectivity index (χ0) is 19.7. The lowest BCUT2D eigenvalue weighted by atomic mass is 10.1. The Balaban J connectivity index is 1.61. The quantitative estimate of drug-likeness (QED) is 0.730. The number of amides is 1. The van der Waals surface area contributed by atoms with Crippen LogP contribution in [0.1, 0.15) is 47.3 Å². The van der Waals surface area contributed by atoms with Crippen molar-refractivity contribution in [1.82, 2.24) is 9.97 Å². The van der Waals surface area contributed by atoms with Crippen LogP contribution in [0.3, 0.4) is 0 Å². The SMILES string of the molecule is Cc1nc(NC(C)c2ccccc2)cc(C(=O)N2c3ccccc3CC2C)n1. The average Bonchev–Trinajstić information content (AvgIpc) is 3.03. The molecule has 0 radical (unpaired) electrons. The maximum absolute atomic E-state index is 13.3. The highest BCUT2D eigenvalue weighted by atomic mass is 16.2. The predicted molar refractivity (Wildman–Crippen MR) is 112 cm³/mol. The molecule has 5 nitrogen and oxygen atoms in total. The molecule has 0 aliphatic carbocycles. The van der Waals surface area contributed by atoms with Gasteiger partial charge in [0.15, 0.2) is 0 Å². The van der Waals surface area contributed by atoms with Crippen molar-refractivity contribution in [3.63, 3.8) is 0 Å². The summed E-state index contributed by atoms with van der Waals surface area (Å²) in [4.78, 5) is 24.0. The van der Waals surface area contributed by atoms with E-state index in [-0.39, 0.29) is 18.0 Å². The van der Waals surface area contributed by atoms with Gasteiger partial charge >= 0.3 is 0 Å². The van der Waals surface area contributed by atoms with E-state index < -0.39 is 0 Å². The first kappa shape index (κ1) is 18.2. The van der Waals surface area contributed by atoms with Crippen LogP contribution < -0.4 is 10.2 Å². The molecule has 0 bridgehead atoms. The summed E-state index contributed by atoms with van der Waals surface area (Å²) < 4.78 is 0. The molecule has 28 heavy (non-hydrogen) atoms. The second kappa shape index (κ2) is 7.43. The molecule has 2 aromatic carbocycles. The smallest absolute Gasteiger partial charge is 0.277 e. The van der Waals surface area contributed by atoms with Gasteiger partial charge in [0.05, 0.1) is 0 Å². The van der Waals surface area contributed by atoms with Crippen molar-refractivity contribution in [1.29, 1.82) is 0 Å². The van der Waals surface area contributed by atoms with Gasteiger partial charge in [-0.3, -0.25) is 4.79 Å². The highest BCUT2D eigenvalue weighted by molar-refractivity contribution is 6.06. The largest absolute Gasteiger partial charge is 0.363 e. The number of carbonyl (C=O) groups excluding carboxylic acids is 1. The van der Waals surface area contributed by atoms with Crippen molar-refractivity contribution in [2.45, 2.75) is 39.3 Å². The number of aromatic nitrogens is 2. The van der Waals surface area contributed by atoms with Gasteiger partial charge in [0.25, 0.3) is 5.91 Å². The van der Waals surface area contributed by atoms with Crippen LogP contribution >= 0.6 is 0 Å². The molecular formula is C23H24N4O. The predicted octanol–water partition coefficient (Wildman–Crippen LogP) is 4.55. The number of nitrogens with one attached hydrogen (secondary N) is 1. The maximum Gasteiger partial charge on any atom is 0.277 e. The standard InChI is InChI=1S/C23H24N4O/c1-15-13-19-11-7-8-12-21(19)27(15)23(28)20-14-22(26-17(3)25-20)24-16(2)18-9-5-4-6-10-18/h4-12,14-16H,13H2,1-3H3,(H,24,25,26). The topological polar surface area (TPSA) is 58.1 Å². The summed E-state index contributed by atoms with van der Waals surface area (Å²) in [7, 11) is 0. The van der Waals surface area contributed by atoms with Crippen LogP contribution in [0.5, 0.6) is 0 Å². The first-order valence-corrected chi connectivity index (χ1v) is 9.61. The summed E-state index contributed by atoms with van der Waals surface area (Å²) in [5, 5.41) is 3.39. The number of anilines is 2. The third kappa shape index (κ3) is 3.48. The molecule has 1 aliphatic heterocycles. The van der Waals surface area contributed by atoms with E-state index >= 15 is 0 Å². The molecule has 2 atom stereocenters. The van der Waals surface area contributed by atoms with Gasteiger partial charge in [-0.05, 0) is 44.4 Å². The fourth-order valence-corrected chi connectivity index (χ4v) is 3.80. The lowest BCUT2D eigenvalue weighted by molar-refractivity contribution is 0.0976. The van der Waals surface area contributed by atoms with Crippen molar-refractivity contribution >= 4 is 17.4 Å². The van der Waals surface area contributed by atoms with Crippen LogP contribution in [-0.2, 0) is 6.42 Å². The zero-order valence-corrected chi connectivity index (χ0v) is 16.4. The first-order chi connectivity index (χ1) is 13.5. The third-order valence-corrected chi connectivity index (χ3v) is 5.15. The lowest BCUT2D eigenvalue weighted by Gasteiger charge is -2.23. The number of fused-ring (bicyclic) bond motifs is 1. The number of benzene rings is 2. The molecule has 1 amide bonds. The molecule has 0 spiro atoms. The highest BCUT2D eigenvalue weighted by Crippen LogP contribution is 2.33. The Labute approximate surface area is 165 Å². The van der Waals surface area contributed by atoms with Crippen molar-refractivity contribution in [3.05, 3.63) is 83.3 Å². The van der Waals surface area contributed by atoms with Gasteiger partial charge in [-0.15, -0.1) is 0 Å². The summed E-state index contributed by atoms with van der Waals surface area (Å²) in [5.41, 5.74) is 3.75. The van der Waals surface area contributed by atoms with Gasteiger partial charge < -0.3 is 10.2 Å². The molecule has 0 saturated carbocycles. The Kier molecular flexibility index (Phi) is 4.82. The Morgan fingerprint density at radius 2 is 1.82 bits per heavy atom. The van der Waals surface area contributed by atoms with E-state index in [1.807, 2.05) is 48.2 Å². The molecule has 2 heterocycles. The maximum atomic E-state index is 13.3. The number of aryl methyl sites for hydroxylation is 1. The molecule has 1 N–H and O–H groups in total. The van der Waals surface area contributed by atoms with Gasteiger partial charge in [0, 0.05) is 23.8 Å². The average molecular weight is 372 g/mol. The van der Waals surface area contributed by atoms with E-state index in [1.54, 1.807) is 6.07 Å². The Morgan fingerprint density at radius 1 is 1.11 bits per heavy atom. The van der Waals surface area contributed by atoms with Gasteiger partial charge in [0.2, 0.25) is 0 Å². The van der Waals surface area contributed by atoms with E-state index in [0.29, 0.717) is 17.3 Å². The van der Waals surface area contributed by atoms with Crippen LogP contribution in [-0.4, -0.2) is 21.9 Å². The Bertz CT molecular complexity index is 1000. The van der Waals surface area contributed by atoms with Crippen LogP contribution in [0.15, 0.2) is 60.7 Å². The second-order valence-electron chi connectivity index (χ2n) is 7.32. The molecule has 1 aromatic heterocycles. The highest BCUT2D eigenvalue weighted by Gasteiger charge is 2.32. The van der Waals surface area contributed by atoms with Crippen LogP contribution in [0.4, 0.5) is 11.5 Å². The summed E-state index contributed by atoms with van der Waals surface area (Å²) >= 11 is 0. The molecule has 5 heteroatoms. The minimum Gasteiger partial charge on any atom is -0.363 e. The molecule has 142 valence electrons. The Morgan fingerprint density at radius 3 is 2.61 bits per heavy atom. The van der Waals surface area contributed by atoms with Gasteiger partial charge in [0.1, 0.15) is 17.3 Å². The molecule has 0 saturated heterocycles. The number of para-hydroxylation sites is 1. The normalized spacial score (nSPS) is 16.5. The van der Waals surface area contributed by atoms with Crippen LogP contribution in [0, 0.1) is 6.92 Å². The van der Waals surface area contributed by atoms with Crippen molar-refractivity contribution in [2.75, 3.05) is 10.2 Å². The molecule has 2 unspecified atom stereocenters. The molecule has 4 rings (SSSR count). The fourth-order valence-electron chi connectivity index (χ4n) is 3.80. The summed E-state index contributed by atoms with van der Waals surface area (Å²) in [6.07, 6.45) is 0.863. The molecule has 1 aliphatic rings. The monoisotopic (exact) mass is 372 g/mol. The fraction of sp³-hybridized carbons (Fsp3) is 0.261. The minimum absolute atomic E-state index is 0.0740. The van der Waals surface area contributed by atoms with Crippen LogP contribution in [0.2, 0.25) is 0 Å².